The molecule has 0 atom stereocenters. The van der Waals surface area contributed by atoms with Crippen molar-refractivity contribution in [2.24, 2.45) is 0 Å². The molecule has 46 valence electrons. The summed E-state index contributed by atoms with van der Waals surface area (Å²) in [6.07, 6.45) is 2.26. The Balaban J connectivity index is -0.0000000417. The third-order valence-corrected chi connectivity index (χ3v) is 1.16. The molecule has 0 aromatic carbocycles. The molecular formula is C5H9BrClLiZn. The molecule has 0 N–H and O–H groups in total. The summed E-state index contributed by atoms with van der Waals surface area (Å²) in [6, 6.07) is 0. The van der Waals surface area contributed by atoms with Gasteiger partial charge in [0.15, 0.2) is 0 Å². The van der Waals surface area contributed by atoms with Crippen molar-refractivity contribution in [3.8, 4) is 0 Å². The van der Waals surface area contributed by atoms with Gasteiger partial charge >= 0.3 is 67.7 Å². The molecule has 0 amide bonds. The molecule has 0 spiro atoms. The fourth-order valence-electron chi connectivity index (χ4n) is 0.289. The molecule has 0 aliphatic rings. The van der Waals surface area contributed by atoms with Gasteiger partial charge in [0.2, 0.25) is 0 Å². The van der Waals surface area contributed by atoms with Gasteiger partial charge in [-0.2, -0.15) is 0 Å². The first-order chi connectivity index (χ1) is 2.77. The predicted octanol–water partition coefficient (Wildman–Crippen LogP) is -7.07. The molecule has 9 heavy (non-hydrogen) atoms. The van der Waals surface area contributed by atoms with Gasteiger partial charge in [-0.05, 0) is 0 Å². The first-order valence-corrected chi connectivity index (χ1v) is 4.29. The van der Waals surface area contributed by atoms with Gasteiger partial charge in [-0.15, -0.1) is 0 Å². The molecule has 0 aliphatic heterocycles. The molecule has 0 unspecified atom stereocenters. The van der Waals surface area contributed by atoms with E-state index in [-0.39, 0.29) is 48.2 Å². The van der Waals surface area contributed by atoms with Gasteiger partial charge in [-0.1, -0.05) is 0 Å². The Kier molecular flexibility index (Phi) is 40.8. The fraction of sp³-hybridized carbons (Fsp3) is 0.600. The van der Waals surface area contributed by atoms with Crippen LogP contribution in [0.15, 0.2) is 11.6 Å². The second-order valence-corrected chi connectivity index (χ2v) is 2.78. The summed E-state index contributed by atoms with van der Waals surface area (Å²) in [5.74, 6) is 0. The molecule has 0 aromatic rings. The maximum atomic E-state index is 2.26. The van der Waals surface area contributed by atoms with Crippen LogP contribution in [0.5, 0.6) is 0 Å². The van der Waals surface area contributed by atoms with Crippen LogP contribution in [-0.4, -0.2) is 0 Å². The Morgan fingerprint density at radius 3 is 1.78 bits per heavy atom. The zero-order chi connectivity index (χ0) is 4.99. The van der Waals surface area contributed by atoms with Crippen LogP contribution in [0.1, 0.15) is 13.8 Å². The second-order valence-electron chi connectivity index (χ2n) is 1.57. The third kappa shape index (κ3) is 26.0. The van der Waals surface area contributed by atoms with Crippen molar-refractivity contribution >= 4 is 0 Å². The minimum absolute atomic E-state index is 0. The van der Waals surface area contributed by atoms with E-state index in [1.54, 1.807) is 0 Å². The van der Waals surface area contributed by atoms with E-state index in [4.69, 9.17) is 0 Å². The molecule has 0 nitrogen and oxygen atoms in total. The Hall–Kier alpha value is 1.73. The summed E-state index contributed by atoms with van der Waals surface area (Å²) < 4.78 is 0. The van der Waals surface area contributed by atoms with E-state index in [2.05, 4.69) is 19.9 Å². The van der Waals surface area contributed by atoms with Gasteiger partial charge in [0.25, 0.3) is 0 Å². The number of hydrogen-bond donors (Lipinski definition) is 0. The van der Waals surface area contributed by atoms with Gasteiger partial charge in [0.05, 0.1) is 0 Å². The predicted molar refractivity (Wildman–Crippen MR) is 24.2 cm³/mol. The summed E-state index contributed by atoms with van der Waals surface area (Å²) in [5, 5.41) is 1.29. The average molecular weight is 257 g/mol. The van der Waals surface area contributed by atoms with Crippen molar-refractivity contribution in [3.63, 3.8) is 0 Å². The number of rotatable bonds is 1. The van der Waals surface area contributed by atoms with Crippen LogP contribution in [0.25, 0.3) is 0 Å². The summed E-state index contributed by atoms with van der Waals surface area (Å²) in [5.41, 5.74) is 1.45. The van der Waals surface area contributed by atoms with Crippen molar-refractivity contribution in [2.75, 3.05) is 0 Å². The zero-order valence-corrected chi connectivity index (χ0v) is 11.6. The summed E-state index contributed by atoms with van der Waals surface area (Å²) in [6.45, 7) is 4.27. The quantitative estimate of drug-likeness (QED) is 0.323. The van der Waals surface area contributed by atoms with Crippen LogP contribution in [0.3, 0.4) is 0 Å². The Morgan fingerprint density at radius 1 is 1.44 bits per heavy atom. The first-order valence-electron chi connectivity index (χ1n) is 2.20. The fourth-order valence-corrected chi connectivity index (χ4v) is 1.50. The van der Waals surface area contributed by atoms with Gasteiger partial charge in [0.1, 0.15) is 0 Å². The van der Waals surface area contributed by atoms with Gasteiger partial charge in [-0.25, -0.2) is 0 Å². The molecule has 0 rings (SSSR count). The van der Waals surface area contributed by atoms with Crippen LogP contribution in [-0.2, 0) is 18.3 Å². The molecule has 0 saturated carbocycles. The topological polar surface area (TPSA) is 0 Å². The van der Waals surface area contributed by atoms with Crippen molar-refractivity contribution in [3.05, 3.63) is 11.6 Å². The monoisotopic (exact) mass is 254 g/mol. The molecular weight excluding hydrogens is 248 g/mol. The number of allylic oxidation sites excluding steroid dienone is 2. The van der Waals surface area contributed by atoms with Crippen molar-refractivity contribution < 1.29 is 66.6 Å². The molecule has 0 aromatic heterocycles. The SMILES string of the molecule is CC(C)=C[CH2][Zn+].[Br-].[Cl-].[Li+]. The molecule has 0 heterocycles. The van der Waals surface area contributed by atoms with Crippen molar-refractivity contribution in [2.45, 2.75) is 18.9 Å². The van der Waals surface area contributed by atoms with Crippen LogP contribution in [0.4, 0.5) is 0 Å². The molecule has 0 fully saturated rings. The Bertz CT molecular complexity index is 64.0. The van der Waals surface area contributed by atoms with E-state index in [0.717, 1.165) is 0 Å². The minimum Gasteiger partial charge on any atom is -1.00 e. The normalized spacial score (nSPS) is 5.33. The average Bonchev–Trinajstić information content (AvgIpc) is 1.35. The molecule has 0 saturated heterocycles. The van der Waals surface area contributed by atoms with Crippen molar-refractivity contribution in [1.29, 1.82) is 0 Å². The van der Waals surface area contributed by atoms with E-state index < -0.39 is 0 Å². The first kappa shape index (κ1) is 22.4. The van der Waals surface area contributed by atoms with E-state index in [1.165, 1.54) is 28.9 Å². The van der Waals surface area contributed by atoms with Gasteiger partial charge < -0.3 is 29.4 Å². The number of halogens is 2. The van der Waals surface area contributed by atoms with Crippen LogP contribution >= 0.6 is 0 Å². The maximum absolute atomic E-state index is 2.26. The van der Waals surface area contributed by atoms with E-state index >= 15 is 0 Å². The van der Waals surface area contributed by atoms with E-state index in [1.807, 2.05) is 0 Å². The van der Waals surface area contributed by atoms with Crippen LogP contribution < -0.4 is 48.2 Å². The molecule has 0 aliphatic carbocycles. The second kappa shape index (κ2) is 16.4. The maximum Gasteiger partial charge on any atom is 1.00 e. The summed E-state index contributed by atoms with van der Waals surface area (Å²) in [4.78, 5) is 0. The Morgan fingerprint density at radius 2 is 1.78 bits per heavy atom. The summed E-state index contributed by atoms with van der Waals surface area (Å²) in [7, 11) is 0. The van der Waals surface area contributed by atoms with Gasteiger partial charge in [0, 0.05) is 0 Å². The molecule has 0 radical (unpaired) electrons. The largest absolute Gasteiger partial charge is 1.00 e. The van der Waals surface area contributed by atoms with E-state index in [0.29, 0.717) is 0 Å². The van der Waals surface area contributed by atoms with Crippen molar-refractivity contribution in [1.82, 2.24) is 0 Å². The van der Waals surface area contributed by atoms with E-state index in [9.17, 15) is 0 Å². The molecule has 4 heteroatoms. The summed E-state index contributed by atoms with van der Waals surface area (Å²) >= 11 is 1.39. The van der Waals surface area contributed by atoms with Gasteiger partial charge in [-0.3, -0.25) is 0 Å². The van der Waals surface area contributed by atoms with Crippen LogP contribution in [0.2, 0.25) is 5.02 Å². The third-order valence-electron chi connectivity index (χ3n) is 0.553. The number of hydrogen-bond acceptors (Lipinski definition) is 0. The zero-order valence-electron chi connectivity index (χ0n) is 6.25. The molecule has 0 bridgehead atoms. The standard InChI is InChI=1S/C5H9.BrH.ClH.Li.Zn/c1-4-5(2)3;;;;/h4H,1H2,2-3H3;2*1H;;/q;;;2*+1/p-2. The smallest absolute Gasteiger partial charge is 1.00 e. The van der Waals surface area contributed by atoms with Crippen LogP contribution in [0, 0.1) is 0 Å². The Labute approximate surface area is 96.3 Å². The minimum atomic E-state index is 0.